The van der Waals surface area contributed by atoms with Crippen LogP contribution < -0.4 is 5.32 Å². The van der Waals surface area contributed by atoms with Gasteiger partial charge in [-0.1, -0.05) is 12.1 Å². The molecule has 2 aromatic rings. The second-order valence-electron chi connectivity index (χ2n) is 5.25. The SMILES string of the molecule is O=C(OC[C@@H]1CCCO1)c1cccc(NC(=O)c2cccs2)c1. The largest absolute Gasteiger partial charge is 0.459 e. The molecule has 5 nitrogen and oxygen atoms in total. The number of rotatable bonds is 5. The van der Waals surface area contributed by atoms with Crippen molar-refractivity contribution in [2.75, 3.05) is 18.5 Å². The number of benzene rings is 1. The maximum Gasteiger partial charge on any atom is 0.338 e. The van der Waals surface area contributed by atoms with Crippen LogP contribution in [-0.2, 0) is 9.47 Å². The predicted molar refractivity (Wildman–Crippen MR) is 88.0 cm³/mol. The summed E-state index contributed by atoms with van der Waals surface area (Å²) in [6, 6.07) is 10.3. The zero-order valence-corrected chi connectivity index (χ0v) is 13.3. The lowest BCUT2D eigenvalue weighted by molar-refractivity contribution is 0.0161. The van der Waals surface area contributed by atoms with Crippen molar-refractivity contribution < 1.29 is 19.1 Å². The molecule has 0 unspecified atom stereocenters. The minimum atomic E-state index is -0.410. The third-order valence-electron chi connectivity index (χ3n) is 3.53. The van der Waals surface area contributed by atoms with Gasteiger partial charge in [-0.15, -0.1) is 11.3 Å². The van der Waals surface area contributed by atoms with Crippen LogP contribution in [0.1, 0.15) is 32.9 Å². The summed E-state index contributed by atoms with van der Waals surface area (Å²) in [6.07, 6.45) is 1.93. The van der Waals surface area contributed by atoms with E-state index in [4.69, 9.17) is 9.47 Å². The van der Waals surface area contributed by atoms with Crippen LogP contribution in [0.25, 0.3) is 0 Å². The lowest BCUT2D eigenvalue weighted by Crippen LogP contribution is -2.18. The van der Waals surface area contributed by atoms with Gasteiger partial charge in [0.05, 0.1) is 16.5 Å². The highest BCUT2D eigenvalue weighted by atomic mass is 32.1. The van der Waals surface area contributed by atoms with Crippen LogP contribution >= 0.6 is 11.3 Å². The molecule has 0 radical (unpaired) electrons. The van der Waals surface area contributed by atoms with Crippen molar-refractivity contribution in [1.82, 2.24) is 0 Å². The molecule has 1 amide bonds. The molecular formula is C17H17NO4S. The minimum absolute atomic E-state index is 0.000615. The molecule has 0 aliphatic carbocycles. The Labute approximate surface area is 138 Å². The van der Waals surface area contributed by atoms with Gasteiger partial charge < -0.3 is 14.8 Å². The van der Waals surface area contributed by atoms with E-state index >= 15 is 0 Å². The van der Waals surface area contributed by atoms with Crippen molar-refractivity contribution in [3.63, 3.8) is 0 Å². The Morgan fingerprint density at radius 2 is 2.22 bits per heavy atom. The molecule has 6 heteroatoms. The van der Waals surface area contributed by atoms with Crippen molar-refractivity contribution in [2.45, 2.75) is 18.9 Å². The van der Waals surface area contributed by atoms with Crippen molar-refractivity contribution in [2.24, 2.45) is 0 Å². The molecule has 2 heterocycles. The molecule has 0 spiro atoms. The molecule has 1 fully saturated rings. The first-order chi connectivity index (χ1) is 11.2. The maximum atomic E-state index is 12.1. The molecule has 1 aliphatic rings. The standard InChI is InChI=1S/C17H17NO4S/c19-16(15-7-3-9-23-15)18-13-5-1-4-12(10-13)17(20)22-11-14-6-2-8-21-14/h1,3-5,7,9-10,14H,2,6,8,11H2,(H,18,19)/t14-/m0/s1. The summed E-state index contributed by atoms with van der Waals surface area (Å²) in [4.78, 5) is 24.7. The average molecular weight is 331 g/mol. The van der Waals surface area contributed by atoms with Crippen molar-refractivity contribution >= 4 is 28.9 Å². The zero-order chi connectivity index (χ0) is 16.1. The number of nitrogens with one attached hydrogen (secondary N) is 1. The van der Waals surface area contributed by atoms with Gasteiger partial charge in [-0.05, 0) is 42.5 Å². The number of amides is 1. The van der Waals surface area contributed by atoms with E-state index in [0.29, 0.717) is 16.1 Å². The Hall–Kier alpha value is -2.18. The summed E-state index contributed by atoms with van der Waals surface area (Å²) in [7, 11) is 0. The normalized spacial score (nSPS) is 17.0. The van der Waals surface area contributed by atoms with Crippen LogP contribution in [0.5, 0.6) is 0 Å². The molecule has 1 atom stereocenters. The van der Waals surface area contributed by atoms with E-state index in [1.54, 1.807) is 30.3 Å². The fourth-order valence-electron chi connectivity index (χ4n) is 2.35. The quantitative estimate of drug-likeness (QED) is 0.854. The van der Waals surface area contributed by atoms with Gasteiger partial charge in [0, 0.05) is 12.3 Å². The molecule has 1 saturated heterocycles. The summed E-state index contributed by atoms with van der Waals surface area (Å²) < 4.78 is 10.7. The highest BCUT2D eigenvalue weighted by Gasteiger charge is 2.18. The third-order valence-corrected chi connectivity index (χ3v) is 4.39. The molecule has 3 rings (SSSR count). The molecule has 1 aromatic heterocycles. The Kier molecular flexibility index (Phi) is 5.05. The second kappa shape index (κ2) is 7.39. The molecule has 0 saturated carbocycles. The van der Waals surface area contributed by atoms with Gasteiger partial charge >= 0.3 is 5.97 Å². The van der Waals surface area contributed by atoms with E-state index < -0.39 is 5.97 Å². The number of anilines is 1. The molecule has 1 N–H and O–H groups in total. The molecule has 120 valence electrons. The number of carbonyl (C=O) groups excluding carboxylic acids is 2. The predicted octanol–water partition coefficient (Wildman–Crippen LogP) is 3.34. The number of thiophene rings is 1. The van der Waals surface area contributed by atoms with Crippen molar-refractivity contribution in [3.05, 3.63) is 52.2 Å². The Morgan fingerprint density at radius 1 is 1.30 bits per heavy atom. The van der Waals surface area contributed by atoms with E-state index in [1.807, 2.05) is 11.4 Å². The Balaban J connectivity index is 1.60. The lowest BCUT2D eigenvalue weighted by atomic mass is 10.2. The third kappa shape index (κ3) is 4.18. The molecule has 0 bridgehead atoms. The van der Waals surface area contributed by atoms with Crippen LogP contribution in [0.15, 0.2) is 41.8 Å². The van der Waals surface area contributed by atoms with Gasteiger partial charge in [0.15, 0.2) is 0 Å². The van der Waals surface area contributed by atoms with E-state index in [1.165, 1.54) is 11.3 Å². The number of carbonyl (C=O) groups is 2. The summed E-state index contributed by atoms with van der Waals surface area (Å²) in [5.74, 6) is -0.599. The lowest BCUT2D eigenvalue weighted by Gasteiger charge is -2.11. The number of hydrogen-bond acceptors (Lipinski definition) is 5. The molecule has 23 heavy (non-hydrogen) atoms. The molecular weight excluding hydrogens is 314 g/mol. The second-order valence-corrected chi connectivity index (χ2v) is 6.19. The number of ether oxygens (including phenoxy) is 2. The number of hydrogen-bond donors (Lipinski definition) is 1. The minimum Gasteiger partial charge on any atom is -0.459 e. The zero-order valence-electron chi connectivity index (χ0n) is 12.5. The average Bonchev–Trinajstić information content (AvgIpc) is 3.26. The summed E-state index contributed by atoms with van der Waals surface area (Å²) in [6.45, 7) is 0.997. The fourth-order valence-corrected chi connectivity index (χ4v) is 2.97. The van der Waals surface area contributed by atoms with Gasteiger partial charge in [-0.25, -0.2) is 4.79 Å². The smallest absolute Gasteiger partial charge is 0.338 e. The highest BCUT2D eigenvalue weighted by molar-refractivity contribution is 7.12. The molecule has 1 aliphatic heterocycles. The van der Waals surface area contributed by atoms with Gasteiger partial charge in [0.1, 0.15) is 6.61 Å². The Morgan fingerprint density at radius 3 is 2.96 bits per heavy atom. The van der Waals surface area contributed by atoms with E-state index in [0.717, 1.165) is 19.4 Å². The summed E-state index contributed by atoms with van der Waals surface area (Å²) in [5.41, 5.74) is 0.974. The first kappa shape index (κ1) is 15.7. The van der Waals surface area contributed by atoms with Crippen LogP contribution in [0.3, 0.4) is 0 Å². The number of esters is 1. The highest BCUT2D eigenvalue weighted by Crippen LogP contribution is 2.17. The Bertz CT molecular complexity index is 678. The van der Waals surface area contributed by atoms with Crippen molar-refractivity contribution in [1.29, 1.82) is 0 Å². The first-order valence-corrected chi connectivity index (χ1v) is 8.34. The van der Waals surface area contributed by atoms with Gasteiger partial charge in [-0.2, -0.15) is 0 Å². The van der Waals surface area contributed by atoms with E-state index in [9.17, 15) is 9.59 Å². The van der Waals surface area contributed by atoms with E-state index in [2.05, 4.69) is 5.32 Å². The van der Waals surface area contributed by atoms with Crippen LogP contribution in [0, 0.1) is 0 Å². The van der Waals surface area contributed by atoms with Crippen LogP contribution in [0.2, 0.25) is 0 Å². The van der Waals surface area contributed by atoms with Crippen LogP contribution in [0.4, 0.5) is 5.69 Å². The van der Waals surface area contributed by atoms with Crippen molar-refractivity contribution in [3.8, 4) is 0 Å². The fraction of sp³-hybridized carbons (Fsp3) is 0.294. The van der Waals surface area contributed by atoms with Gasteiger partial charge in [0.2, 0.25) is 0 Å². The summed E-state index contributed by atoms with van der Waals surface area (Å²) in [5, 5.41) is 4.62. The van der Waals surface area contributed by atoms with Gasteiger partial charge in [0.25, 0.3) is 5.91 Å². The van der Waals surface area contributed by atoms with Crippen LogP contribution in [-0.4, -0.2) is 31.2 Å². The molecule has 1 aromatic carbocycles. The topological polar surface area (TPSA) is 64.6 Å². The first-order valence-electron chi connectivity index (χ1n) is 7.46. The van der Waals surface area contributed by atoms with E-state index in [-0.39, 0.29) is 18.6 Å². The monoisotopic (exact) mass is 331 g/mol. The maximum absolute atomic E-state index is 12.1. The summed E-state index contributed by atoms with van der Waals surface area (Å²) >= 11 is 1.37. The van der Waals surface area contributed by atoms with Gasteiger partial charge in [-0.3, -0.25) is 4.79 Å².